The van der Waals surface area contributed by atoms with Crippen LogP contribution in [-0.4, -0.2) is 17.4 Å². The van der Waals surface area contributed by atoms with E-state index < -0.39 is 0 Å². The van der Waals surface area contributed by atoms with Crippen LogP contribution in [0.3, 0.4) is 0 Å². The third kappa shape index (κ3) is 3.62. The first-order valence-corrected chi connectivity index (χ1v) is 10.3. The van der Waals surface area contributed by atoms with Gasteiger partial charge in [-0.15, -0.1) is 0 Å². The first-order chi connectivity index (χ1) is 15.2. The van der Waals surface area contributed by atoms with Crippen LogP contribution in [0.2, 0.25) is 0 Å². The number of nitrogens with one attached hydrogen (secondary N) is 2. The zero-order valence-electron chi connectivity index (χ0n) is 17.2. The number of fused-ring (bicyclic) bond motifs is 3. The van der Waals surface area contributed by atoms with Crippen molar-refractivity contribution < 1.29 is 4.79 Å². The molecule has 1 aliphatic heterocycles. The first kappa shape index (κ1) is 18.9. The Kier molecular flexibility index (Phi) is 4.84. The van der Waals surface area contributed by atoms with Crippen molar-refractivity contribution in [1.29, 1.82) is 0 Å². The van der Waals surface area contributed by atoms with Crippen molar-refractivity contribution in [2.75, 3.05) is 22.1 Å². The molecule has 0 unspecified atom stereocenters. The standard InChI is InChI=1S/C26H22N4O/c1-18-22(8-4-15-27-18)26(31)29-20-10-12-21(13-11-20)30-17-5-16-28-25-23-7-3-2-6-19(23)9-14-24(25)30/h2-15,17,28H,16H2,1H3,(H,29,31). The molecule has 0 atom stereocenters. The summed E-state index contributed by atoms with van der Waals surface area (Å²) in [5.41, 5.74) is 5.26. The maximum absolute atomic E-state index is 12.6. The summed E-state index contributed by atoms with van der Waals surface area (Å²) >= 11 is 0. The van der Waals surface area contributed by atoms with Gasteiger partial charge in [0, 0.05) is 41.4 Å². The lowest BCUT2D eigenvalue weighted by Crippen LogP contribution is -2.14. The van der Waals surface area contributed by atoms with Gasteiger partial charge in [-0.25, -0.2) is 0 Å². The van der Waals surface area contributed by atoms with Gasteiger partial charge in [-0.2, -0.15) is 0 Å². The Morgan fingerprint density at radius 1 is 1.00 bits per heavy atom. The molecule has 5 heteroatoms. The molecule has 0 bridgehead atoms. The van der Waals surface area contributed by atoms with E-state index in [-0.39, 0.29) is 5.91 Å². The number of benzene rings is 3. The SMILES string of the molecule is Cc1ncccc1C(=O)Nc1ccc(N2C=CCNc3c2ccc2ccccc32)cc1. The van der Waals surface area contributed by atoms with E-state index in [0.717, 1.165) is 29.3 Å². The lowest BCUT2D eigenvalue weighted by molar-refractivity contribution is 0.102. The summed E-state index contributed by atoms with van der Waals surface area (Å²) in [7, 11) is 0. The highest BCUT2D eigenvalue weighted by Gasteiger charge is 2.16. The summed E-state index contributed by atoms with van der Waals surface area (Å²) in [6.07, 6.45) is 5.88. The molecule has 1 aromatic heterocycles. The third-order valence-corrected chi connectivity index (χ3v) is 5.47. The minimum absolute atomic E-state index is 0.158. The van der Waals surface area contributed by atoms with E-state index in [0.29, 0.717) is 11.3 Å². The van der Waals surface area contributed by atoms with Crippen LogP contribution in [0.25, 0.3) is 10.8 Å². The molecule has 2 heterocycles. The number of carbonyl (C=O) groups excluding carboxylic acids is 1. The van der Waals surface area contributed by atoms with Gasteiger partial charge < -0.3 is 15.5 Å². The monoisotopic (exact) mass is 406 g/mol. The molecule has 0 saturated heterocycles. The molecule has 0 saturated carbocycles. The Labute approximate surface area is 181 Å². The molecule has 5 rings (SSSR count). The molecular formula is C26H22N4O. The Hall–Kier alpha value is -4.12. The molecule has 0 radical (unpaired) electrons. The maximum Gasteiger partial charge on any atom is 0.257 e. The predicted octanol–water partition coefficient (Wildman–Crippen LogP) is 5.87. The number of rotatable bonds is 3. The number of aromatic nitrogens is 1. The Balaban J connectivity index is 1.44. The van der Waals surface area contributed by atoms with E-state index >= 15 is 0 Å². The van der Waals surface area contributed by atoms with Crippen molar-refractivity contribution in [2.45, 2.75) is 6.92 Å². The fourth-order valence-corrected chi connectivity index (χ4v) is 3.90. The second kappa shape index (κ2) is 7.95. The van der Waals surface area contributed by atoms with Gasteiger partial charge in [0.1, 0.15) is 0 Å². The average molecular weight is 406 g/mol. The highest BCUT2D eigenvalue weighted by atomic mass is 16.1. The lowest BCUT2D eigenvalue weighted by atomic mass is 10.1. The Bertz CT molecular complexity index is 1290. The highest BCUT2D eigenvalue weighted by Crippen LogP contribution is 2.39. The van der Waals surface area contributed by atoms with Crippen molar-refractivity contribution in [3.63, 3.8) is 0 Å². The summed E-state index contributed by atoms with van der Waals surface area (Å²) in [6, 6.07) is 24.1. The molecule has 31 heavy (non-hydrogen) atoms. The van der Waals surface area contributed by atoms with Crippen molar-refractivity contribution in [3.8, 4) is 0 Å². The zero-order chi connectivity index (χ0) is 21.2. The van der Waals surface area contributed by atoms with Gasteiger partial charge in [0.25, 0.3) is 5.91 Å². The van der Waals surface area contributed by atoms with Gasteiger partial charge in [-0.1, -0.05) is 30.3 Å². The average Bonchev–Trinajstić information content (AvgIpc) is 3.03. The van der Waals surface area contributed by atoms with Gasteiger partial charge in [0.05, 0.1) is 16.9 Å². The van der Waals surface area contributed by atoms with Gasteiger partial charge in [-0.05, 0) is 60.9 Å². The number of hydrogen-bond acceptors (Lipinski definition) is 4. The molecule has 0 spiro atoms. The summed E-state index contributed by atoms with van der Waals surface area (Å²) < 4.78 is 0. The van der Waals surface area contributed by atoms with Crippen LogP contribution in [0.1, 0.15) is 16.1 Å². The van der Waals surface area contributed by atoms with Crippen LogP contribution in [0.15, 0.2) is 91.3 Å². The van der Waals surface area contributed by atoms with Gasteiger partial charge in [-0.3, -0.25) is 9.78 Å². The molecular weight excluding hydrogens is 384 g/mol. The molecule has 2 N–H and O–H groups in total. The third-order valence-electron chi connectivity index (χ3n) is 5.47. The van der Waals surface area contributed by atoms with Crippen LogP contribution in [0, 0.1) is 6.92 Å². The van der Waals surface area contributed by atoms with Crippen molar-refractivity contribution in [3.05, 3.63) is 103 Å². The van der Waals surface area contributed by atoms with Crippen LogP contribution in [-0.2, 0) is 0 Å². The van der Waals surface area contributed by atoms with Crippen LogP contribution in [0.5, 0.6) is 0 Å². The minimum Gasteiger partial charge on any atom is -0.379 e. The summed E-state index contributed by atoms with van der Waals surface area (Å²) in [6.45, 7) is 2.59. The topological polar surface area (TPSA) is 57.3 Å². The first-order valence-electron chi connectivity index (χ1n) is 10.3. The van der Waals surface area contributed by atoms with Gasteiger partial charge in [0.2, 0.25) is 0 Å². The fourth-order valence-electron chi connectivity index (χ4n) is 3.90. The van der Waals surface area contributed by atoms with Crippen molar-refractivity contribution >= 4 is 39.4 Å². The summed E-state index contributed by atoms with van der Waals surface area (Å²) in [5.74, 6) is -0.158. The molecule has 3 aromatic carbocycles. The number of amides is 1. The van der Waals surface area contributed by atoms with E-state index in [1.54, 1.807) is 18.3 Å². The number of nitrogens with zero attached hydrogens (tertiary/aromatic N) is 2. The number of hydrogen-bond donors (Lipinski definition) is 2. The normalized spacial score (nSPS) is 12.7. The smallest absolute Gasteiger partial charge is 0.257 e. The van der Waals surface area contributed by atoms with E-state index in [4.69, 9.17) is 0 Å². The number of aryl methyl sites for hydroxylation is 1. The van der Waals surface area contributed by atoms with E-state index in [2.05, 4.69) is 69.2 Å². The molecule has 1 amide bonds. The van der Waals surface area contributed by atoms with E-state index in [9.17, 15) is 4.79 Å². The predicted molar refractivity (Wildman–Crippen MR) is 127 cm³/mol. The molecule has 0 aliphatic carbocycles. The quantitative estimate of drug-likeness (QED) is 0.447. The summed E-state index contributed by atoms with van der Waals surface area (Å²) in [5, 5.41) is 8.90. The maximum atomic E-state index is 12.6. The summed E-state index contributed by atoms with van der Waals surface area (Å²) in [4.78, 5) is 18.9. The van der Waals surface area contributed by atoms with E-state index in [1.807, 2.05) is 31.2 Å². The molecule has 0 fully saturated rings. The lowest BCUT2D eigenvalue weighted by Gasteiger charge is -2.23. The number of anilines is 4. The number of carbonyl (C=O) groups is 1. The molecule has 1 aliphatic rings. The van der Waals surface area contributed by atoms with Gasteiger partial charge >= 0.3 is 0 Å². The zero-order valence-corrected chi connectivity index (χ0v) is 17.2. The fraction of sp³-hybridized carbons (Fsp3) is 0.0769. The molecule has 5 nitrogen and oxygen atoms in total. The van der Waals surface area contributed by atoms with Crippen molar-refractivity contribution in [2.24, 2.45) is 0 Å². The van der Waals surface area contributed by atoms with Crippen molar-refractivity contribution in [1.82, 2.24) is 4.98 Å². The second-order valence-corrected chi connectivity index (χ2v) is 7.45. The minimum atomic E-state index is -0.158. The molecule has 4 aromatic rings. The van der Waals surface area contributed by atoms with Crippen LogP contribution < -0.4 is 15.5 Å². The Morgan fingerprint density at radius 3 is 2.68 bits per heavy atom. The highest BCUT2D eigenvalue weighted by molar-refractivity contribution is 6.05. The second-order valence-electron chi connectivity index (χ2n) is 7.45. The Morgan fingerprint density at radius 2 is 1.84 bits per heavy atom. The van der Waals surface area contributed by atoms with Crippen LogP contribution in [0.4, 0.5) is 22.7 Å². The molecule has 152 valence electrons. The van der Waals surface area contributed by atoms with Gasteiger partial charge in [0.15, 0.2) is 0 Å². The van der Waals surface area contributed by atoms with Crippen LogP contribution >= 0.6 is 0 Å². The van der Waals surface area contributed by atoms with E-state index in [1.165, 1.54) is 10.8 Å². The largest absolute Gasteiger partial charge is 0.379 e. The number of pyridine rings is 1.